The number of carbonyl (C=O) groups excluding carboxylic acids is 1. The molecule has 5 aromatic rings. The highest BCUT2D eigenvalue weighted by Gasteiger charge is 2.38. The molecule has 0 spiro atoms. The van der Waals surface area contributed by atoms with Crippen LogP contribution in [0.3, 0.4) is 0 Å². The molecule has 1 aromatic heterocycles. The van der Waals surface area contributed by atoms with E-state index in [2.05, 4.69) is 83.6 Å². The molecule has 4 heteroatoms. The molecule has 1 fully saturated rings. The molecule has 0 saturated heterocycles. The van der Waals surface area contributed by atoms with E-state index in [4.69, 9.17) is 9.72 Å². The van der Waals surface area contributed by atoms with Crippen LogP contribution in [0.15, 0.2) is 128 Å². The van der Waals surface area contributed by atoms with E-state index in [1.165, 1.54) is 6.42 Å². The van der Waals surface area contributed by atoms with Gasteiger partial charge in [0.2, 0.25) is 0 Å². The van der Waals surface area contributed by atoms with E-state index in [-0.39, 0.29) is 11.7 Å². The Labute approximate surface area is 248 Å². The number of benzene rings is 4. The Hall–Kier alpha value is -4.70. The monoisotopic (exact) mass is 552 g/mol. The number of carbonyl (C=O) groups is 1. The normalized spacial score (nSPS) is 14.2. The molecule has 42 heavy (non-hydrogen) atoms. The van der Waals surface area contributed by atoms with Crippen molar-refractivity contribution in [1.82, 2.24) is 9.55 Å². The van der Waals surface area contributed by atoms with Crippen LogP contribution >= 0.6 is 0 Å². The second kappa shape index (κ2) is 12.4. The van der Waals surface area contributed by atoms with Crippen LogP contribution in [-0.2, 0) is 10.3 Å². The molecule has 4 nitrogen and oxygen atoms in total. The second-order valence-corrected chi connectivity index (χ2v) is 11.0. The molecule has 1 aliphatic rings. The minimum absolute atomic E-state index is 0.131. The van der Waals surface area contributed by atoms with Gasteiger partial charge in [0.1, 0.15) is 11.3 Å². The summed E-state index contributed by atoms with van der Waals surface area (Å²) < 4.78 is 8.05. The number of imidazole rings is 1. The first kappa shape index (κ1) is 27.5. The molecular formula is C38H36N2O2. The fourth-order valence-corrected chi connectivity index (χ4v) is 6.45. The van der Waals surface area contributed by atoms with Crippen LogP contribution in [0.5, 0.6) is 5.75 Å². The maximum atomic E-state index is 13.0. The summed E-state index contributed by atoms with van der Waals surface area (Å²) in [6.07, 6.45) is 13.2. The van der Waals surface area contributed by atoms with E-state index >= 15 is 0 Å². The van der Waals surface area contributed by atoms with Gasteiger partial charge >= 0.3 is 0 Å². The molecular weight excluding hydrogens is 516 g/mol. The third-order valence-corrected chi connectivity index (χ3v) is 8.51. The Balaban J connectivity index is 1.50. The van der Waals surface area contributed by atoms with E-state index in [9.17, 15) is 4.79 Å². The Morgan fingerprint density at radius 3 is 1.90 bits per heavy atom. The summed E-state index contributed by atoms with van der Waals surface area (Å²) >= 11 is 0. The molecule has 4 aromatic carbocycles. The van der Waals surface area contributed by atoms with Crippen molar-refractivity contribution in [2.75, 3.05) is 7.11 Å². The van der Waals surface area contributed by atoms with Crippen molar-refractivity contribution in [2.45, 2.75) is 37.6 Å². The van der Waals surface area contributed by atoms with Crippen LogP contribution in [0.25, 0.3) is 17.3 Å². The molecule has 1 heterocycles. The van der Waals surface area contributed by atoms with Crippen LogP contribution in [0.2, 0.25) is 0 Å². The van der Waals surface area contributed by atoms with Gasteiger partial charge in [0, 0.05) is 12.1 Å². The molecule has 0 bridgehead atoms. The molecule has 6 rings (SSSR count). The van der Waals surface area contributed by atoms with Gasteiger partial charge < -0.3 is 9.30 Å². The van der Waals surface area contributed by atoms with Gasteiger partial charge in [0.15, 0.2) is 5.78 Å². The number of hydrogen-bond donors (Lipinski definition) is 0. The molecule has 0 atom stereocenters. The predicted octanol–water partition coefficient (Wildman–Crippen LogP) is 8.56. The van der Waals surface area contributed by atoms with Crippen molar-refractivity contribution in [1.29, 1.82) is 0 Å². The third-order valence-electron chi connectivity index (χ3n) is 8.51. The maximum Gasteiger partial charge on any atom is 0.158 e. The highest BCUT2D eigenvalue weighted by Crippen LogP contribution is 2.42. The number of ketones is 1. The average Bonchev–Trinajstić information content (AvgIpc) is 3.55. The summed E-state index contributed by atoms with van der Waals surface area (Å²) in [5, 5.41) is 0. The number of rotatable bonds is 9. The summed E-state index contributed by atoms with van der Waals surface area (Å²) in [6, 6.07) is 37.6. The molecule has 1 aliphatic carbocycles. The van der Waals surface area contributed by atoms with Gasteiger partial charge in [-0.15, -0.1) is 0 Å². The molecule has 0 aliphatic heterocycles. The Morgan fingerprint density at radius 1 is 0.786 bits per heavy atom. The minimum atomic E-state index is -0.663. The van der Waals surface area contributed by atoms with Crippen LogP contribution < -0.4 is 4.74 Å². The zero-order valence-corrected chi connectivity index (χ0v) is 24.0. The van der Waals surface area contributed by atoms with Gasteiger partial charge in [-0.1, -0.05) is 128 Å². The second-order valence-electron chi connectivity index (χ2n) is 11.0. The summed E-state index contributed by atoms with van der Waals surface area (Å²) in [5.74, 6) is 1.06. The molecule has 0 radical (unpaired) electrons. The predicted molar refractivity (Wildman–Crippen MR) is 169 cm³/mol. The maximum absolute atomic E-state index is 13.0. The number of aromatic nitrogens is 2. The Bertz CT molecular complexity index is 1550. The lowest BCUT2D eigenvalue weighted by molar-refractivity contribution is -0.119. The lowest BCUT2D eigenvalue weighted by Crippen LogP contribution is -2.36. The zero-order valence-electron chi connectivity index (χ0n) is 24.0. The summed E-state index contributed by atoms with van der Waals surface area (Å²) in [5.41, 5.74) is 5.29. The number of nitrogens with zero attached hydrogens (tertiary/aromatic N) is 2. The van der Waals surface area contributed by atoms with Crippen LogP contribution in [0.4, 0.5) is 0 Å². The highest BCUT2D eigenvalue weighted by atomic mass is 16.5. The van der Waals surface area contributed by atoms with E-state index in [0.717, 1.165) is 64.9 Å². The van der Waals surface area contributed by atoms with Crippen LogP contribution in [-0.4, -0.2) is 22.4 Å². The first-order chi connectivity index (χ1) is 20.7. The van der Waals surface area contributed by atoms with Crippen molar-refractivity contribution < 1.29 is 9.53 Å². The Kier molecular flexibility index (Phi) is 8.14. The molecule has 210 valence electrons. The largest absolute Gasteiger partial charge is 0.496 e. The van der Waals surface area contributed by atoms with Gasteiger partial charge in [-0.2, -0.15) is 0 Å². The van der Waals surface area contributed by atoms with E-state index in [1.54, 1.807) is 13.2 Å². The average molecular weight is 553 g/mol. The van der Waals surface area contributed by atoms with Gasteiger partial charge in [0.05, 0.1) is 24.7 Å². The number of allylic oxidation sites excluding steroid dienone is 1. The van der Waals surface area contributed by atoms with Crippen molar-refractivity contribution in [3.63, 3.8) is 0 Å². The topological polar surface area (TPSA) is 44.1 Å². The number of methoxy groups -OCH3 is 1. The lowest BCUT2D eigenvalue weighted by atomic mass is 9.77. The van der Waals surface area contributed by atoms with E-state index < -0.39 is 5.54 Å². The quantitative estimate of drug-likeness (QED) is 0.136. The van der Waals surface area contributed by atoms with Crippen LogP contribution in [0, 0.1) is 5.92 Å². The van der Waals surface area contributed by atoms with Crippen molar-refractivity contribution in [2.24, 2.45) is 5.92 Å². The number of hydrogen-bond acceptors (Lipinski definition) is 3. The summed E-state index contributed by atoms with van der Waals surface area (Å²) in [7, 11) is 1.68. The van der Waals surface area contributed by atoms with Gasteiger partial charge in [-0.25, -0.2) is 4.98 Å². The molecule has 1 saturated carbocycles. The summed E-state index contributed by atoms with van der Waals surface area (Å²) in [4.78, 5) is 18.0. The van der Waals surface area contributed by atoms with Crippen LogP contribution in [0.1, 0.15) is 54.4 Å². The fourth-order valence-electron chi connectivity index (χ4n) is 6.45. The smallest absolute Gasteiger partial charge is 0.158 e. The Morgan fingerprint density at radius 2 is 1.36 bits per heavy atom. The van der Waals surface area contributed by atoms with Gasteiger partial charge in [-0.05, 0) is 47.2 Å². The third kappa shape index (κ3) is 5.21. The van der Waals surface area contributed by atoms with E-state index in [0.29, 0.717) is 0 Å². The molecule has 0 N–H and O–H groups in total. The first-order valence-corrected chi connectivity index (χ1v) is 14.8. The standard InChI is InChI=1S/C38H36N2O2/c1-42-36-24-14-17-30(25-26-35(41)29-15-6-2-7-16-29)37(36)34-27-40(28-39-34)38(31-18-8-3-9-19-31,32-20-10-4-11-21-32)33-22-12-5-13-23-33/h3-5,8-14,17-29H,2,6-7,15-16H2,1H3/b26-25+. The minimum Gasteiger partial charge on any atom is -0.496 e. The summed E-state index contributed by atoms with van der Waals surface area (Å²) in [6.45, 7) is 0. The fraction of sp³-hybridized carbons (Fsp3) is 0.211. The van der Waals surface area contributed by atoms with Crippen molar-refractivity contribution in [3.05, 3.63) is 150 Å². The molecule has 0 amide bonds. The lowest BCUT2D eigenvalue weighted by Gasteiger charge is -2.37. The first-order valence-electron chi connectivity index (χ1n) is 14.8. The zero-order chi connectivity index (χ0) is 28.8. The van der Waals surface area contributed by atoms with Crippen molar-refractivity contribution >= 4 is 11.9 Å². The van der Waals surface area contributed by atoms with E-state index in [1.807, 2.05) is 48.8 Å². The van der Waals surface area contributed by atoms with Gasteiger partial charge in [-0.3, -0.25) is 4.79 Å². The SMILES string of the molecule is COc1cccc(/C=C/C(=O)C2CCCCC2)c1-c1cn(C(c2ccccc2)(c2ccccc2)c2ccccc2)cn1. The van der Waals surface area contributed by atoms with Gasteiger partial charge in [0.25, 0.3) is 0 Å². The molecule has 0 unspecified atom stereocenters. The van der Waals surface area contributed by atoms with Crippen molar-refractivity contribution in [3.8, 4) is 17.0 Å². The highest BCUT2D eigenvalue weighted by molar-refractivity contribution is 5.96. The number of ether oxygens (including phenoxy) is 1.